The Morgan fingerprint density at radius 3 is 2.73 bits per heavy atom. The maximum atomic E-state index is 4.51. The highest BCUT2D eigenvalue weighted by Crippen LogP contribution is 2.55. The summed E-state index contributed by atoms with van der Waals surface area (Å²) in [6.45, 7) is 0.884. The smallest absolute Gasteiger partial charge is 0.100 e. The number of nitrogens with one attached hydrogen (secondary N) is 1. The number of hydrogen-bond acceptors (Lipinski definition) is 3. The third kappa shape index (κ3) is 2.01. The second-order valence-corrected chi connectivity index (χ2v) is 7.25. The van der Waals surface area contributed by atoms with Crippen LogP contribution in [0.4, 0.5) is 0 Å². The molecule has 0 bridgehead atoms. The van der Waals surface area contributed by atoms with E-state index in [1.54, 1.807) is 0 Å². The quantitative estimate of drug-likeness (QED) is 0.921. The van der Waals surface area contributed by atoms with Gasteiger partial charge in [0.15, 0.2) is 0 Å². The van der Waals surface area contributed by atoms with Gasteiger partial charge < -0.3 is 5.32 Å². The van der Waals surface area contributed by atoms with Crippen molar-refractivity contribution in [3.05, 3.63) is 41.7 Å². The van der Waals surface area contributed by atoms with Gasteiger partial charge in [-0.05, 0) is 50.2 Å². The second-order valence-electron chi connectivity index (χ2n) is 7.25. The summed E-state index contributed by atoms with van der Waals surface area (Å²) < 4.78 is 2.06. The molecule has 3 aliphatic carbocycles. The van der Waals surface area contributed by atoms with Crippen molar-refractivity contribution in [2.45, 2.75) is 56.5 Å². The van der Waals surface area contributed by atoms with Crippen LogP contribution in [0.2, 0.25) is 0 Å². The molecule has 0 amide bonds. The van der Waals surface area contributed by atoms with E-state index < -0.39 is 0 Å². The fourth-order valence-corrected chi connectivity index (χ4v) is 4.27. The second kappa shape index (κ2) is 4.66. The summed E-state index contributed by atoms with van der Waals surface area (Å²) in [4.78, 5) is 0. The van der Waals surface area contributed by atoms with Crippen LogP contribution in [0.3, 0.4) is 0 Å². The van der Waals surface area contributed by atoms with Gasteiger partial charge in [0.2, 0.25) is 0 Å². The average Bonchev–Trinajstić information content (AvgIpc) is 3.45. The Morgan fingerprint density at radius 2 is 2.05 bits per heavy atom. The number of para-hydroxylation sites is 1. The van der Waals surface area contributed by atoms with E-state index in [9.17, 15) is 0 Å². The molecule has 3 fully saturated rings. The molecule has 1 heterocycles. The van der Waals surface area contributed by atoms with E-state index in [0.29, 0.717) is 11.5 Å². The summed E-state index contributed by atoms with van der Waals surface area (Å²) in [6, 6.07) is 10.4. The van der Waals surface area contributed by atoms with E-state index in [1.807, 2.05) is 6.07 Å². The SMILES string of the molecule is c1ccc(-n2nnc(CN[C@@]34CCC[C@@H]3C4)c2C2CC2)cc1. The highest BCUT2D eigenvalue weighted by atomic mass is 15.4. The minimum atomic E-state index is 0.456. The Balaban J connectivity index is 1.42. The van der Waals surface area contributed by atoms with Crippen molar-refractivity contribution in [2.75, 3.05) is 0 Å². The van der Waals surface area contributed by atoms with Gasteiger partial charge in [-0.1, -0.05) is 29.8 Å². The minimum absolute atomic E-state index is 0.456. The lowest BCUT2D eigenvalue weighted by molar-refractivity contribution is 0.474. The van der Waals surface area contributed by atoms with E-state index in [4.69, 9.17) is 0 Å². The van der Waals surface area contributed by atoms with E-state index in [-0.39, 0.29) is 0 Å². The summed E-state index contributed by atoms with van der Waals surface area (Å²) in [6.07, 6.45) is 8.09. The Morgan fingerprint density at radius 1 is 1.18 bits per heavy atom. The number of aromatic nitrogens is 3. The molecule has 0 radical (unpaired) electrons. The molecule has 2 aromatic rings. The zero-order valence-electron chi connectivity index (χ0n) is 12.8. The fourth-order valence-electron chi connectivity index (χ4n) is 4.27. The van der Waals surface area contributed by atoms with Crippen LogP contribution in [-0.2, 0) is 6.54 Å². The molecular formula is C18H22N4. The number of nitrogens with zero attached hydrogens (tertiary/aromatic N) is 3. The maximum Gasteiger partial charge on any atom is 0.100 e. The first-order chi connectivity index (χ1) is 10.9. The lowest BCUT2D eigenvalue weighted by Crippen LogP contribution is -2.31. The number of rotatable bonds is 5. The predicted molar refractivity (Wildman–Crippen MR) is 84.9 cm³/mol. The van der Waals surface area contributed by atoms with Crippen LogP contribution < -0.4 is 5.32 Å². The van der Waals surface area contributed by atoms with Crippen molar-refractivity contribution in [1.29, 1.82) is 0 Å². The van der Waals surface area contributed by atoms with Gasteiger partial charge in [-0.3, -0.25) is 0 Å². The first kappa shape index (κ1) is 12.8. The van der Waals surface area contributed by atoms with E-state index >= 15 is 0 Å². The first-order valence-electron chi connectivity index (χ1n) is 8.61. The van der Waals surface area contributed by atoms with Crippen LogP contribution in [0.5, 0.6) is 0 Å². The fraction of sp³-hybridized carbons (Fsp3) is 0.556. The summed E-state index contributed by atoms with van der Waals surface area (Å²) in [5.41, 5.74) is 4.09. The molecule has 4 heteroatoms. The number of hydrogen-bond donors (Lipinski definition) is 1. The molecule has 3 aliphatic rings. The van der Waals surface area contributed by atoms with Gasteiger partial charge >= 0.3 is 0 Å². The van der Waals surface area contributed by atoms with Gasteiger partial charge in [0.05, 0.1) is 11.4 Å². The molecule has 22 heavy (non-hydrogen) atoms. The molecular weight excluding hydrogens is 272 g/mol. The van der Waals surface area contributed by atoms with E-state index in [2.05, 4.69) is 44.6 Å². The molecule has 1 N–H and O–H groups in total. The molecule has 0 spiro atoms. The van der Waals surface area contributed by atoms with Crippen LogP contribution in [0.25, 0.3) is 5.69 Å². The Labute approximate surface area is 130 Å². The van der Waals surface area contributed by atoms with Gasteiger partial charge in [0, 0.05) is 18.0 Å². The molecule has 2 atom stereocenters. The van der Waals surface area contributed by atoms with Crippen molar-refractivity contribution in [3.63, 3.8) is 0 Å². The molecule has 0 aliphatic heterocycles. The zero-order valence-corrected chi connectivity index (χ0v) is 12.8. The lowest BCUT2D eigenvalue weighted by Gasteiger charge is -2.14. The average molecular weight is 294 g/mol. The number of fused-ring (bicyclic) bond motifs is 1. The van der Waals surface area contributed by atoms with Crippen LogP contribution in [-0.4, -0.2) is 20.5 Å². The summed E-state index contributed by atoms with van der Waals surface area (Å²) in [5, 5.41) is 12.8. The summed E-state index contributed by atoms with van der Waals surface area (Å²) in [7, 11) is 0. The minimum Gasteiger partial charge on any atom is -0.305 e. The van der Waals surface area contributed by atoms with Crippen molar-refractivity contribution in [3.8, 4) is 5.69 Å². The van der Waals surface area contributed by atoms with Crippen LogP contribution in [0, 0.1) is 5.92 Å². The first-order valence-corrected chi connectivity index (χ1v) is 8.61. The standard InChI is InChI=1S/C18H22N4/c1-2-6-15(7-3-1)22-17(13-8-9-13)16(20-21-22)12-19-18-10-4-5-14(18)11-18/h1-3,6-7,13-14,19H,4-5,8-12H2/t14-,18-/m1/s1. The largest absolute Gasteiger partial charge is 0.305 e. The Bertz CT molecular complexity index is 688. The maximum absolute atomic E-state index is 4.51. The normalized spacial score (nSPS) is 29.5. The van der Waals surface area contributed by atoms with E-state index in [0.717, 1.165) is 18.2 Å². The van der Waals surface area contributed by atoms with Crippen molar-refractivity contribution in [2.24, 2.45) is 5.92 Å². The van der Waals surface area contributed by atoms with Gasteiger partial charge in [0.25, 0.3) is 0 Å². The highest BCUT2D eigenvalue weighted by Gasteiger charge is 2.56. The molecule has 0 unspecified atom stereocenters. The van der Waals surface area contributed by atoms with Gasteiger partial charge in [-0.15, -0.1) is 5.10 Å². The van der Waals surface area contributed by atoms with Crippen molar-refractivity contribution in [1.82, 2.24) is 20.3 Å². The Kier molecular flexibility index (Phi) is 2.71. The summed E-state index contributed by atoms with van der Waals surface area (Å²) >= 11 is 0. The van der Waals surface area contributed by atoms with Gasteiger partial charge in [-0.2, -0.15) is 0 Å². The topological polar surface area (TPSA) is 42.7 Å². The summed E-state index contributed by atoms with van der Waals surface area (Å²) in [5.74, 6) is 1.59. The molecule has 4 nitrogen and oxygen atoms in total. The van der Waals surface area contributed by atoms with Crippen LogP contribution in [0.15, 0.2) is 30.3 Å². The monoisotopic (exact) mass is 294 g/mol. The van der Waals surface area contributed by atoms with E-state index in [1.165, 1.54) is 49.9 Å². The Hall–Kier alpha value is -1.68. The molecule has 114 valence electrons. The van der Waals surface area contributed by atoms with Crippen LogP contribution >= 0.6 is 0 Å². The molecule has 1 aromatic heterocycles. The van der Waals surface area contributed by atoms with Crippen molar-refractivity contribution < 1.29 is 0 Å². The third-order valence-electron chi connectivity index (χ3n) is 5.76. The van der Waals surface area contributed by atoms with Crippen LogP contribution in [0.1, 0.15) is 55.8 Å². The van der Waals surface area contributed by atoms with Gasteiger partial charge in [0.1, 0.15) is 5.69 Å². The highest BCUT2D eigenvalue weighted by molar-refractivity contribution is 5.35. The molecule has 3 saturated carbocycles. The zero-order chi connectivity index (χ0) is 14.6. The molecule has 1 aromatic carbocycles. The molecule has 5 rings (SSSR count). The third-order valence-corrected chi connectivity index (χ3v) is 5.76. The molecule has 0 saturated heterocycles. The predicted octanol–water partition coefficient (Wildman–Crippen LogP) is 3.18. The van der Waals surface area contributed by atoms with Gasteiger partial charge in [-0.25, -0.2) is 4.68 Å². The lowest BCUT2D eigenvalue weighted by atomic mass is 10.1. The van der Waals surface area contributed by atoms with Crippen molar-refractivity contribution >= 4 is 0 Å². The number of benzene rings is 1.